The largest absolute Gasteiger partial charge is 0.453 e. The van der Waals surface area contributed by atoms with Crippen LogP contribution in [0.5, 0.6) is 0 Å². The van der Waals surface area contributed by atoms with Crippen molar-refractivity contribution < 1.29 is 32.3 Å². The fraction of sp³-hybridized carbons (Fsp3) is 0.452. The highest BCUT2D eigenvalue weighted by Gasteiger charge is 2.39. The third-order valence-electron chi connectivity index (χ3n) is 8.70. The number of benzene rings is 2. The molecule has 250 valence electrons. The van der Waals surface area contributed by atoms with Crippen LogP contribution >= 0.6 is 11.3 Å². The second-order valence-corrected chi connectivity index (χ2v) is 14.8. The van der Waals surface area contributed by atoms with Gasteiger partial charge in [-0.05, 0) is 35.9 Å². The molecule has 3 aromatic rings. The van der Waals surface area contributed by atoms with Gasteiger partial charge >= 0.3 is 6.09 Å². The molecule has 16 heteroatoms. The van der Waals surface area contributed by atoms with Gasteiger partial charge in [0.25, 0.3) is 5.91 Å². The number of hydrogen-bond acceptors (Lipinski definition) is 11. The van der Waals surface area contributed by atoms with Gasteiger partial charge in [-0.25, -0.2) is 18.2 Å². The lowest BCUT2D eigenvalue weighted by Gasteiger charge is -2.41. The number of rotatable bonds is 6. The summed E-state index contributed by atoms with van der Waals surface area (Å²) in [6.45, 7) is 4.61. The number of amides is 3. The highest BCUT2D eigenvalue weighted by molar-refractivity contribution is 7.89. The number of fused-ring (bicyclic) bond motifs is 2. The van der Waals surface area contributed by atoms with Crippen molar-refractivity contribution in [2.45, 2.75) is 43.3 Å². The second-order valence-electron chi connectivity index (χ2n) is 11.8. The Morgan fingerprint density at radius 3 is 2.62 bits per heavy atom. The number of nitrogens with zero attached hydrogens (tertiary/aromatic N) is 4. The average molecular weight is 684 g/mol. The molecule has 2 atom stereocenters. The highest BCUT2D eigenvalue weighted by Crippen LogP contribution is 2.29. The zero-order valence-electron chi connectivity index (χ0n) is 26.2. The van der Waals surface area contributed by atoms with Crippen LogP contribution in [0.4, 0.5) is 4.79 Å². The number of nitrogens with one attached hydrogen (secondary N) is 3. The molecule has 2 unspecified atom stereocenters. The molecule has 3 amide bonds. The summed E-state index contributed by atoms with van der Waals surface area (Å²) in [4.78, 5) is 47.9. The normalized spacial score (nSPS) is 20.5. The first kappa shape index (κ1) is 33.0. The number of alkyl carbamates (subject to hydrolysis) is 1. The summed E-state index contributed by atoms with van der Waals surface area (Å²) in [5.74, 6) is -0.590. The summed E-state index contributed by atoms with van der Waals surface area (Å²) in [5, 5.41) is 15.5. The Hall–Kier alpha value is -3.96. The quantitative estimate of drug-likeness (QED) is 0.259. The molecule has 2 saturated heterocycles. The molecule has 1 aromatic heterocycles. The van der Waals surface area contributed by atoms with E-state index in [-0.39, 0.29) is 54.6 Å². The fourth-order valence-corrected chi connectivity index (χ4v) is 8.57. The van der Waals surface area contributed by atoms with Gasteiger partial charge in [0.05, 0.1) is 37.0 Å². The predicted molar refractivity (Wildman–Crippen MR) is 174 cm³/mol. The first-order valence-electron chi connectivity index (χ1n) is 15.4. The molecule has 6 rings (SSSR count). The van der Waals surface area contributed by atoms with Crippen LogP contribution in [0.3, 0.4) is 0 Å². The summed E-state index contributed by atoms with van der Waals surface area (Å²) in [6.07, 6.45) is -0.0571. The number of methoxy groups -OCH3 is 1. The zero-order valence-corrected chi connectivity index (χ0v) is 27.8. The second kappa shape index (κ2) is 13.6. The van der Waals surface area contributed by atoms with Gasteiger partial charge in [0.15, 0.2) is 5.01 Å². The molecule has 14 nitrogen and oxygen atoms in total. The van der Waals surface area contributed by atoms with Gasteiger partial charge in [0.1, 0.15) is 5.84 Å². The van der Waals surface area contributed by atoms with Crippen molar-refractivity contribution in [2.24, 2.45) is 0 Å². The summed E-state index contributed by atoms with van der Waals surface area (Å²) in [5.41, 5.74) is 1.34. The molecule has 2 aromatic carbocycles. The first-order chi connectivity index (χ1) is 22.5. The van der Waals surface area contributed by atoms with Crippen molar-refractivity contribution in [3.05, 3.63) is 57.5 Å². The van der Waals surface area contributed by atoms with Gasteiger partial charge in [0, 0.05) is 68.6 Å². The van der Waals surface area contributed by atoms with Crippen molar-refractivity contribution in [2.75, 3.05) is 53.0 Å². The molecule has 0 aliphatic carbocycles. The van der Waals surface area contributed by atoms with E-state index in [9.17, 15) is 22.8 Å². The number of morpholine rings is 1. The molecule has 3 aliphatic heterocycles. The molecule has 0 radical (unpaired) electrons. The molecule has 4 heterocycles. The van der Waals surface area contributed by atoms with Crippen molar-refractivity contribution in [1.82, 2.24) is 29.7 Å². The molecule has 3 N–H and O–H groups in total. The number of aromatic nitrogens is 1. The third-order valence-corrected chi connectivity index (χ3v) is 11.6. The Kier molecular flexibility index (Phi) is 9.57. The predicted octanol–water partition coefficient (Wildman–Crippen LogP) is 1.78. The fourth-order valence-electron chi connectivity index (χ4n) is 6.07. The number of carbonyl (C=O) groups excluding carboxylic acids is 3. The van der Waals surface area contributed by atoms with Crippen molar-refractivity contribution in [3.8, 4) is 0 Å². The Morgan fingerprint density at radius 1 is 1.11 bits per heavy atom. The van der Waals surface area contributed by atoms with Crippen LogP contribution in [-0.2, 0) is 37.3 Å². The molecule has 2 fully saturated rings. The van der Waals surface area contributed by atoms with Crippen LogP contribution in [0.2, 0.25) is 0 Å². The van der Waals surface area contributed by atoms with Crippen LogP contribution in [0.15, 0.2) is 41.3 Å². The average Bonchev–Trinajstić information content (AvgIpc) is 3.51. The number of hydrogen-bond donors (Lipinski definition) is 3. The van der Waals surface area contributed by atoms with E-state index in [1.807, 2.05) is 0 Å². The minimum absolute atomic E-state index is 0.0203. The van der Waals surface area contributed by atoms with Crippen LogP contribution in [0.1, 0.15) is 39.3 Å². The number of amidine groups is 1. The van der Waals surface area contributed by atoms with Gasteiger partial charge in [-0.3, -0.25) is 20.3 Å². The maximum atomic E-state index is 14.0. The third kappa shape index (κ3) is 7.01. The smallest absolute Gasteiger partial charge is 0.412 e. The van der Waals surface area contributed by atoms with Crippen LogP contribution in [-0.4, -0.2) is 116 Å². The SMILES string of the molecule is COC(=O)NC(=N)c1ccc2cc(S(=O)(=O)N3CCN(C(=O)c4nc5c(s4)CNC(C)C5)C(CC(=O)N4CCOCC4)C3)ccc2c1. The molecular formula is C31H37N7O7S2. The lowest BCUT2D eigenvalue weighted by Crippen LogP contribution is -2.58. The van der Waals surface area contributed by atoms with E-state index < -0.39 is 22.2 Å². The molecule has 0 spiro atoms. The monoisotopic (exact) mass is 683 g/mol. The van der Waals surface area contributed by atoms with Crippen molar-refractivity contribution >= 4 is 55.9 Å². The number of carbonyl (C=O) groups is 3. The maximum absolute atomic E-state index is 14.0. The molecule has 47 heavy (non-hydrogen) atoms. The Morgan fingerprint density at radius 2 is 1.85 bits per heavy atom. The molecule has 3 aliphatic rings. The summed E-state index contributed by atoms with van der Waals surface area (Å²) < 4.78 is 39.3. The van der Waals surface area contributed by atoms with Crippen LogP contribution in [0.25, 0.3) is 10.8 Å². The van der Waals surface area contributed by atoms with Crippen LogP contribution in [0, 0.1) is 5.41 Å². The first-order valence-corrected chi connectivity index (χ1v) is 17.7. The minimum atomic E-state index is -4.00. The summed E-state index contributed by atoms with van der Waals surface area (Å²) in [6, 6.07) is 9.25. The molecular weight excluding hydrogens is 647 g/mol. The van der Waals surface area contributed by atoms with E-state index >= 15 is 0 Å². The van der Waals surface area contributed by atoms with Crippen LogP contribution < -0.4 is 10.6 Å². The molecule has 0 bridgehead atoms. The van der Waals surface area contributed by atoms with E-state index in [0.29, 0.717) is 54.2 Å². The lowest BCUT2D eigenvalue weighted by atomic mass is 10.1. The highest BCUT2D eigenvalue weighted by atomic mass is 32.2. The van der Waals surface area contributed by atoms with Gasteiger partial charge in [0.2, 0.25) is 15.9 Å². The Bertz CT molecular complexity index is 1820. The summed E-state index contributed by atoms with van der Waals surface area (Å²) in [7, 11) is -2.80. The van der Waals surface area contributed by atoms with Gasteiger partial charge in [-0.2, -0.15) is 4.31 Å². The maximum Gasteiger partial charge on any atom is 0.412 e. The topological polar surface area (TPSA) is 174 Å². The number of piperazine rings is 1. The number of thiazole rings is 1. The van der Waals surface area contributed by atoms with Crippen molar-refractivity contribution in [3.63, 3.8) is 0 Å². The van der Waals surface area contributed by atoms with Gasteiger partial charge < -0.3 is 24.6 Å². The van der Waals surface area contributed by atoms with E-state index in [1.54, 1.807) is 40.1 Å². The standard InChI is InChI=1S/C31H37N7O7S2/c1-19-13-25-26(17-33-19)46-29(34-25)30(40)38-8-7-37(18-23(38)16-27(39)36-9-11-45-12-10-36)47(42,43)24-6-5-20-14-22(4-3-21(20)15-24)28(32)35-31(41)44-2/h3-6,14-15,19,23,33H,7-13,16-18H2,1-2H3,(H2,32,35,41). The number of sulfonamides is 1. The van der Waals surface area contributed by atoms with E-state index in [1.165, 1.54) is 28.8 Å². The van der Waals surface area contributed by atoms with Gasteiger partial charge in [-0.15, -0.1) is 11.3 Å². The molecule has 0 saturated carbocycles. The van der Waals surface area contributed by atoms with E-state index in [0.717, 1.165) is 17.0 Å². The zero-order chi connectivity index (χ0) is 33.3. The minimum Gasteiger partial charge on any atom is -0.453 e. The Labute approximate surface area is 276 Å². The van der Waals surface area contributed by atoms with E-state index in [4.69, 9.17) is 10.1 Å². The van der Waals surface area contributed by atoms with Crippen molar-refractivity contribution in [1.29, 1.82) is 5.41 Å². The summed E-state index contributed by atoms with van der Waals surface area (Å²) >= 11 is 1.35. The van der Waals surface area contributed by atoms with Gasteiger partial charge in [-0.1, -0.05) is 18.2 Å². The van der Waals surface area contributed by atoms with E-state index in [2.05, 4.69) is 27.3 Å². The lowest BCUT2D eigenvalue weighted by molar-refractivity contribution is -0.136. The number of ether oxygens (including phenoxy) is 2. The Balaban J connectivity index is 1.24.